The van der Waals surface area contributed by atoms with E-state index < -0.39 is 6.17 Å². The van der Waals surface area contributed by atoms with Crippen molar-refractivity contribution in [1.29, 1.82) is 0 Å². The van der Waals surface area contributed by atoms with Crippen LogP contribution in [0.15, 0.2) is 12.2 Å². The van der Waals surface area contributed by atoms with Gasteiger partial charge < -0.3 is 9.84 Å². The van der Waals surface area contributed by atoms with Crippen LogP contribution in [0.3, 0.4) is 0 Å². The standard InChI is InChI=1S/C21H39FO2/c1-4-5-7-11-19(24-3)15-13-18-14-16-21(23)20(18)12-9-6-8-10-17(2)22/h13,15,17-21,23H,4-12,14,16H2,1-3H3/t17?,18-,19?,20+,21-/m0/s1. The van der Waals surface area contributed by atoms with Gasteiger partial charge in [-0.3, -0.25) is 0 Å². The van der Waals surface area contributed by atoms with E-state index in [0.717, 1.165) is 44.9 Å². The summed E-state index contributed by atoms with van der Waals surface area (Å²) in [5, 5.41) is 10.3. The minimum atomic E-state index is -0.684. The van der Waals surface area contributed by atoms with Crippen molar-refractivity contribution >= 4 is 0 Å². The Kier molecular flexibility index (Phi) is 11.6. The molecule has 0 aliphatic heterocycles. The zero-order valence-electron chi connectivity index (χ0n) is 16.1. The highest BCUT2D eigenvalue weighted by Crippen LogP contribution is 2.37. The predicted molar refractivity (Wildman–Crippen MR) is 100.0 cm³/mol. The van der Waals surface area contributed by atoms with Gasteiger partial charge in [0, 0.05) is 7.11 Å². The molecule has 24 heavy (non-hydrogen) atoms. The second kappa shape index (κ2) is 12.9. The van der Waals surface area contributed by atoms with E-state index in [1.54, 1.807) is 14.0 Å². The van der Waals surface area contributed by atoms with Gasteiger partial charge in [-0.25, -0.2) is 4.39 Å². The quantitative estimate of drug-likeness (QED) is 0.337. The topological polar surface area (TPSA) is 29.5 Å². The summed E-state index contributed by atoms with van der Waals surface area (Å²) in [6, 6.07) is 0. The number of ether oxygens (including phenoxy) is 1. The van der Waals surface area contributed by atoms with Crippen molar-refractivity contribution < 1.29 is 14.2 Å². The second-order valence-electron chi connectivity index (χ2n) is 7.55. The predicted octanol–water partition coefficient (Wildman–Crippen LogP) is 5.83. The molecule has 2 unspecified atom stereocenters. The fourth-order valence-corrected chi connectivity index (χ4v) is 3.86. The van der Waals surface area contributed by atoms with Crippen LogP contribution >= 0.6 is 0 Å². The van der Waals surface area contributed by atoms with E-state index in [1.807, 2.05) is 0 Å². The van der Waals surface area contributed by atoms with Crippen molar-refractivity contribution in [3.05, 3.63) is 12.2 Å². The number of hydrogen-bond acceptors (Lipinski definition) is 2. The van der Waals surface area contributed by atoms with Gasteiger partial charge in [-0.1, -0.05) is 57.6 Å². The lowest BCUT2D eigenvalue weighted by atomic mass is 9.88. The van der Waals surface area contributed by atoms with E-state index in [4.69, 9.17) is 4.74 Å². The molecular formula is C21H39FO2. The normalized spacial score (nSPS) is 27.0. The van der Waals surface area contributed by atoms with Gasteiger partial charge in [-0.2, -0.15) is 0 Å². The highest BCUT2D eigenvalue weighted by Gasteiger charge is 2.32. The van der Waals surface area contributed by atoms with Crippen LogP contribution in [0.4, 0.5) is 4.39 Å². The second-order valence-corrected chi connectivity index (χ2v) is 7.55. The number of unbranched alkanes of at least 4 members (excludes halogenated alkanes) is 4. The van der Waals surface area contributed by atoms with Crippen molar-refractivity contribution in [3.63, 3.8) is 0 Å². The average Bonchev–Trinajstić information content (AvgIpc) is 2.90. The number of methoxy groups -OCH3 is 1. The summed E-state index contributed by atoms with van der Waals surface area (Å²) in [5.74, 6) is 0.848. The number of allylic oxidation sites excluding steroid dienone is 1. The third kappa shape index (κ3) is 8.62. The molecule has 1 fully saturated rings. The fourth-order valence-electron chi connectivity index (χ4n) is 3.86. The molecule has 2 nitrogen and oxygen atoms in total. The Hall–Kier alpha value is -0.410. The summed E-state index contributed by atoms with van der Waals surface area (Å²) < 4.78 is 18.4. The van der Waals surface area contributed by atoms with Crippen LogP contribution in [-0.4, -0.2) is 30.6 Å². The van der Waals surface area contributed by atoms with Crippen molar-refractivity contribution in [2.24, 2.45) is 11.8 Å². The largest absolute Gasteiger partial charge is 0.393 e. The number of aliphatic hydroxyl groups is 1. The molecule has 0 saturated heterocycles. The molecule has 0 amide bonds. The molecule has 0 radical (unpaired) electrons. The van der Waals surface area contributed by atoms with Crippen molar-refractivity contribution in [3.8, 4) is 0 Å². The Bertz CT molecular complexity index is 330. The molecule has 3 heteroatoms. The number of rotatable bonds is 13. The Labute approximate surface area is 148 Å². The van der Waals surface area contributed by atoms with Crippen LogP contribution in [0.25, 0.3) is 0 Å². The van der Waals surface area contributed by atoms with E-state index in [0.29, 0.717) is 18.3 Å². The third-order valence-corrected chi connectivity index (χ3v) is 5.45. The van der Waals surface area contributed by atoms with Crippen LogP contribution in [0.5, 0.6) is 0 Å². The lowest BCUT2D eigenvalue weighted by Gasteiger charge is -2.20. The lowest BCUT2D eigenvalue weighted by molar-refractivity contribution is 0.115. The Morgan fingerprint density at radius 2 is 1.88 bits per heavy atom. The summed E-state index contributed by atoms with van der Waals surface area (Å²) >= 11 is 0. The molecule has 5 atom stereocenters. The molecule has 142 valence electrons. The maximum atomic E-state index is 12.8. The summed E-state index contributed by atoms with van der Waals surface area (Å²) in [6.45, 7) is 3.85. The van der Waals surface area contributed by atoms with Crippen LogP contribution in [0.1, 0.15) is 84.5 Å². The summed E-state index contributed by atoms with van der Waals surface area (Å²) in [6.07, 6.45) is 15.5. The molecular weight excluding hydrogens is 303 g/mol. The molecule has 0 aromatic rings. The van der Waals surface area contributed by atoms with Gasteiger partial charge >= 0.3 is 0 Å². The molecule has 0 heterocycles. The van der Waals surface area contributed by atoms with Crippen molar-refractivity contribution in [1.82, 2.24) is 0 Å². The number of aliphatic hydroxyl groups excluding tert-OH is 1. The van der Waals surface area contributed by atoms with E-state index in [-0.39, 0.29) is 12.2 Å². The number of hydrogen-bond donors (Lipinski definition) is 1. The van der Waals surface area contributed by atoms with E-state index in [2.05, 4.69) is 19.1 Å². The van der Waals surface area contributed by atoms with Crippen molar-refractivity contribution in [2.45, 2.75) is 103 Å². The maximum absolute atomic E-state index is 12.8. The summed E-state index contributed by atoms with van der Waals surface area (Å²) in [7, 11) is 1.79. The molecule has 1 aliphatic carbocycles. The first kappa shape index (κ1) is 21.6. The minimum absolute atomic E-state index is 0.166. The molecule has 1 saturated carbocycles. The zero-order chi connectivity index (χ0) is 17.8. The first-order valence-corrected chi connectivity index (χ1v) is 10.1. The summed E-state index contributed by atoms with van der Waals surface area (Å²) in [5.41, 5.74) is 0. The number of halogens is 1. The highest BCUT2D eigenvalue weighted by atomic mass is 19.1. The smallest absolute Gasteiger partial charge is 0.0973 e. The van der Waals surface area contributed by atoms with Crippen LogP contribution in [0, 0.1) is 11.8 Å². The number of alkyl halides is 1. The molecule has 0 aromatic heterocycles. The highest BCUT2D eigenvalue weighted by molar-refractivity contribution is 5.00. The minimum Gasteiger partial charge on any atom is -0.393 e. The van der Waals surface area contributed by atoms with Gasteiger partial charge in [-0.15, -0.1) is 0 Å². The Balaban J connectivity index is 2.36. The maximum Gasteiger partial charge on any atom is 0.0973 e. The van der Waals surface area contributed by atoms with Crippen LogP contribution in [0.2, 0.25) is 0 Å². The zero-order valence-corrected chi connectivity index (χ0v) is 16.1. The van der Waals surface area contributed by atoms with Crippen LogP contribution in [-0.2, 0) is 4.74 Å². The van der Waals surface area contributed by atoms with E-state index in [9.17, 15) is 9.50 Å². The summed E-state index contributed by atoms with van der Waals surface area (Å²) in [4.78, 5) is 0. The lowest BCUT2D eigenvalue weighted by Crippen LogP contribution is -2.18. The third-order valence-electron chi connectivity index (χ3n) is 5.45. The molecule has 1 rings (SSSR count). The van der Waals surface area contributed by atoms with Crippen LogP contribution < -0.4 is 0 Å². The Morgan fingerprint density at radius 1 is 1.12 bits per heavy atom. The fraction of sp³-hybridized carbons (Fsp3) is 0.905. The first-order chi connectivity index (χ1) is 11.6. The molecule has 1 N–H and O–H groups in total. The molecule has 0 spiro atoms. The molecule has 0 bridgehead atoms. The van der Waals surface area contributed by atoms with E-state index in [1.165, 1.54) is 19.3 Å². The van der Waals surface area contributed by atoms with Gasteiger partial charge in [-0.05, 0) is 50.9 Å². The molecule has 1 aliphatic rings. The first-order valence-electron chi connectivity index (χ1n) is 10.1. The van der Waals surface area contributed by atoms with Gasteiger partial charge in [0.1, 0.15) is 0 Å². The van der Waals surface area contributed by atoms with Gasteiger partial charge in [0.15, 0.2) is 0 Å². The monoisotopic (exact) mass is 342 g/mol. The van der Waals surface area contributed by atoms with Crippen molar-refractivity contribution in [2.75, 3.05) is 7.11 Å². The van der Waals surface area contributed by atoms with Gasteiger partial charge in [0.2, 0.25) is 0 Å². The Morgan fingerprint density at radius 3 is 2.54 bits per heavy atom. The van der Waals surface area contributed by atoms with E-state index >= 15 is 0 Å². The average molecular weight is 343 g/mol. The van der Waals surface area contributed by atoms with Gasteiger partial charge in [0.25, 0.3) is 0 Å². The molecule has 0 aromatic carbocycles. The SMILES string of the molecule is CCCCCC(C=C[C@H]1CC[C@H](O)[C@@H]1CCCCCC(C)F)OC. The van der Waals surface area contributed by atoms with Gasteiger partial charge in [0.05, 0.1) is 18.4 Å².